The van der Waals surface area contributed by atoms with Crippen molar-refractivity contribution in [1.82, 2.24) is 25.2 Å². The Balaban J connectivity index is 1.50. The Morgan fingerprint density at radius 1 is 1.19 bits per heavy atom. The molecule has 1 atom stereocenters. The van der Waals surface area contributed by atoms with E-state index in [1.54, 1.807) is 13.1 Å². The minimum atomic E-state index is -0.281. The second kappa shape index (κ2) is 7.94. The zero-order valence-corrected chi connectivity index (χ0v) is 17.5. The molecule has 1 aromatic carbocycles. The van der Waals surface area contributed by atoms with Gasteiger partial charge in [-0.3, -0.25) is 9.78 Å². The van der Waals surface area contributed by atoms with Gasteiger partial charge in [-0.2, -0.15) is 0 Å². The third-order valence-electron chi connectivity index (χ3n) is 5.83. The van der Waals surface area contributed by atoms with Crippen molar-refractivity contribution in [2.45, 2.75) is 45.6 Å². The van der Waals surface area contributed by atoms with Crippen LogP contribution in [0.5, 0.6) is 0 Å². The molecule has 8 heteroatoms. The first kappa shape index (κ1) is 19.4. The zero-order valence-electron chi connectivity index (χ0n) is 17.5. The van der Waals surface area contributed by atoms with Gasteiger partial charge in [-0.05, 0) is 37.6 Å². The van der Waals surface area contributed by atoms with Gasteiger partial charge in [0.05, 0.1) is 5.69 Å². The summed E-state index contributed by atoms with van der Waals surface area (Å²) in [5, 5.41) is 14.6. The summed E-state index contributed by atoms with van der Waals surface area (Å²) >= 11 is 0. The predicted molar refractivity (Wildman–Crippen MR) is 113 cm³/mol. The fourth-order valence-corrected chi connectivity index (χ4v) is 4.26. The number of rotatable bonds is 4. The number of hydrogen-bond donors (Lipinski definition) is 0. The molecule has 4 heterocycles. The van der Waals surface area contributed by atoms with Crippen molar-refractivity contribution >= 4 is 16.7 Å². The maximum Gasteiger partial charge on any atom is 0.267 e. The summed E-state index contributed by atoms with van der Waals surface area (Å²) < 4.78 is 11.4. The molecule has 8 nitrogen and oxygen atoms in total. The van der Waals surface area contributed by atoms with Crippen LogP contribution in [0.3, 0.4) is 0 Å². The van der Waals surface area contributed by atoms with Crippen molar-refractivity contribution in [3.63, 3.8) is 0 Å². The number of nitrogens with zero attached hydrogens (tertiary/aromatic N) is 5. The van der Waals surface area contributed by atoms with Gasteiger partial charge in [0.15, 0.2) is 0 Å². The predicted octanol–water partition coefficient (Wildman–Crippen LogP) is 4.51. The van der Waals surface area contributed by atoms with Gasteiger partial charge in [-0.15, -0.1) is 10.2 Å². The highest BCUT2D eigenvalue weighted by Gasteiger charge is 2.35. The topological polar surface area (TPSA) is 98.2 Å². The molecule has 31 heavy (non-hydrogen) atoms. The van der Waals surface area contributed by atoms with E-state index in [4.69, 9.17) is 8.94 Å². The number of fused-ring (bicyclic) bond motifs is 1. The summed E-state index contributed by atoms with van der Waals surface area (Å²) in [6.07, 6.45) is 5.03. The van der Waals surface area contributed by atoms with Gasteiger partial charge < -0.3 is 13.8 Å². The molecule has 1 saturated heterocycles. The molecule has 0 bridgehead atoms. The number of benzene rings is 1. The number of pyridine rings is 1. The highest BCUT2D eigenvalue weighted by molar-refractivity contribution is 5.96. The van der Waals surface area contributed by atoms with E-state index in [0.29, 0.717) is 47.5 Å². The number of hydrogen-bond acceptors (Lipinski definition) is 7. The molecule has 0 N–H and O–H groups in total. The van der Waals surface area contributed by atoms with E-state index < -0.39 is 0 Å². The summed E-state index contributed by atoms with van der Waals surface area (Å²) in [5.41, 5.74) is 1.80. The Labute approximate surface area is 179 Å². The van der Waals surface area contributed by atoms with Gasteiger partial charge in [0.1, 0.15) is 23.1 Å². The van der Waals surface area contributed by atoms with Crippen molar-refractivity contribution in [3.8, 4) is 11.6 Å². The maximum atomic E-state index is 13.4. The SMILES string of the molecule is CCc1onc(C)c1C(=O)N1CCCC[C@@H]1c1nnc(-c2nccc3ccccc23)o1. The van der Waals surface area contributed by atoms with Crippen LogP contribution in [0, 0.1) is 6.92 Å². The Morgan fingerprint density at radius 2 is 2.06 bits per heavy atom. The number of aromatic nitrogens is 4. The lowest BCUT2D eigenvalue weighted by Crippen LogP contribution is -2.39. The van der Waals surface area contributed by atoms with Crippen molar-refractivity contribution in [3.05, 3.63) is 59.4 Å². The molecule has 4 aromatic rings. The van der Waals surface area contributed by atoms with Crippen LogP contribution in [0.25, 0.3) is 22.4 Å². The molecule has 1 amide bonds. The second-order valence-corrected chi connectivity index (χ2v) is 7.76. The quantitative estimate of drug-likeness (QED) is 0.482. The lowest BCUT2D eigenvalue weighted by Gasteiger charge is -2.33. The molecule has 0 unspecified atom stereocenters. The molecule has 0 aliphatic carbocycles. The molecule has 158 valence electrons. The molecule has 1 aliphatic heterocycles. The van der Waals surface area contributed by atoms with Gasteiger partial charge in [-0.1, -0.05) is 36.3 Å². The van der Waals surface area contributed by atoms with Crippen LogP contribution in [0.2, 0.25) is 0 Å². The third-order valence-corrected chi connectivity index (χ3v) is 5.83. The minimum Gasteiger partial charge on any atom is -0.417 e. The maximum absolute atomic E-state index is 13.4. The van der Waals surface area contributed by atoms with E-state index in [0.717, 1.165) is 30.0 Å². The Morgan fingerprint density at radius 3 is 2.94 bits per heavy atom. The first-order valence-corrected chi connectivity index (χ1v) is 10.6. The Kier molecular flexibility index (Phi) is 4.97. The van der Waals surface area contributed by atoms with Gasteiger partial charge in [0.25, 0.3) is 11.8 Å². The highest BCUT2D eigenvalue weighted by atomic mass is 16.5. The number of aryl methyl sites for hydroxylation is 2. The average Bonchev–Trinajstić information content (AvgIpc) is 3.45. The second-order valence-electron chi connectivity index (χ2n) is 7.76. The van der Waals surface area contributed by atoms with Crippen LogP contribution >= 0.6 is 0 Å². The average molecular weight is 417 g/mol. The van der Waals surface area contributed by atoms with Gasteiger partial charge in [0.2, 0.25) is 5.89 Å². The molecule has 3 aromatic heterocycles. The lowest BCUT2D eigenvalue weighted by molar-refractivity contribution is 0.0569. The number of carbonyl (C=O) groups is 1. The number of piperidine rings is 1. The summed E-state index contributed by atoms with van der Waals surface area (Å²) in [6.45, 7) is 4.37. The van der Waals surface area contributed by atoms with Gasteiger partial charge in [0, 0.05) is 24.5 Å². The number of likely N-dealkylation sites (tertiary alicyclic amines) is 1. The summed E-state index contributed by atoms with van der Waals surface area (Å²) in [6, 6.07) is 9.61. The molecule has 0 radical (unpaired) electrons. The third kappa shape index (κ3) is 3.37. The van der Waals surface area contributed by atoms with Crippen molar-refractivity contribution < 1.29 is 13.7 Å². The normalized spacial score (nSPS) is 16.7. The molecular weight excluding hydrogens is 394 g/mol. The minimum absolute atomic E-state index is 0.0941. The number of carbonyl (C=O) groups excluding carboxylic acids is 1. The monoisotopic (exact) mass is 417 g/mol. The standard InChI is InChI=1S/C23H23N5O3/c1-3-18-19(14(2)27-31-18)23(29)28-13-7-6-10-17(28)21-25-26-22(30-21)20-16-9-5-4-8-15(16)11-12-24-20/h4-5,8-9,11-12,17H,3,6-7,10,13H2,1-2H3/t17-/m1/s1. The molecule has 0 spiro atoms. The van der Waals surface area contributed by atoms with Crippen LogP contribution in [-0.4, -0.2) is 37.7 Å². The van der Waals surface area contributed by atoms with Gasteiger partial charge in [-0.25, -0.2) is 0 Å². The molecule has 1 fully saturated rings. The van der Waals surface area contributed by atoms with Crippen molar-refractivity contribution in [1.29, 1.82) is 0 Å². The smallest absolute Gasteiger partial charge is 0.267 e. The molecular formula is C23H23N5O3. The van der Waals surface area contributed by atoms with Crippen LogP contribution in [0.15, 0.2) is 45.5 Å². The van der Waals surface area contributed by atoms with Crippen molar-refractivity contribution in [2.75, 3.05) is 6.54 Å². The van der Waals surface area contributed by atoms with Crippen molar-refractivity contribution in [2.24, 2.45) is 0 Å². The van der Waals surface area contributed by atoms with Crippen LogP contribution in [0.1, 0.15) is 59.9 Å². The summed E-state index contributed by atoms with van der Waals surface area (Å²) in [5.74, 6) is 1.31. The number of amides is 1. The summed E-state index contributed by atoms with van der Waals surface area (Å²) in [7, 11) is 0. The fraction of sp³-hybridized carbons (Fsp3) is 0.348. The Hall–Kier alpha value is -3.55. The molecule has 1 aliphatic rings. The molecule has 5 rings (SSSR count). The lowest BCUT2D eigenvalue weighted by atomic mass is 10.00. The van der Waals surface area contributed by atoms with Crippen LogP contribution in [0.4, 0.5) is 0 Å². The van der Waals surface area contributed by atoms with E-state index in [2.05, 4.69) is 20.3 Å². The summed E-state index contributed by atoms with van der Waals surface area (Å²) in [4.78, 5) is 19.7. The van der Waals surface area contributed by atoms with Crippen LogP contribution in [-0.2, 0) is 6.42 Å². The first-order valence-electron chi connectivity index (χ1n) is 10.6. The van der Waals surface area contributed by atoms with E-state index >= 15 is 0 Å². The Bertz CT molecular complexity index is 1240. The van der Waals surface area contributed by atoms with Crippen LogP contribution < -0.4 is 0 Å². The van der Waals surface area contributed by atoms with E-state index in [1.807, 2.05) is 42.2 Å². The first-order chi connectivity index (χ1) is 15.2. The van der Waals surface area contributed by atoms with E-state index in [1.165, 1.54) is 0 Å². The van der Waals surface area contributed by atoms with Gasteiger partial charge >= 0.3 is 0 Å². The van der Waals surface area contributed by atoms with E-state index in [9.17, 15) is 4.79 Å². The van der Waals surface area contributed by atoms with E-state index in [-0.39, 0.29) is 11.9 Å². The largest absolute Gasteiger partial charge is 0.417 e. The zero-order chi connectivity index (χ0) is 21.4. The fourth-order valence-electron chi connectivity index (χ4n) is 4.26. The molecule has 0 saturated carbocycles. The highest BCUT2D eigenvalue weighted by Crippen LogP contribution is 2.34.